The van der Waals surface area contributed by atoms with Crippen LogP contribution in [0, 0.1) is 0 Å². The molecule has 3 aliphatic heterocycles. The number of ketones is 1. The van der Waals surface area contributed by atoms with Gasteiger partial charge in [-0.2, -0.15) is 0 Å². The first kappa shape index (κ1) is 19.7. The maximum absolute atomic E-state index is 12.8. The predicted molar refractivity (Wildman–Crippen MR) is 109 cm³/mol. The number of methoxy groups -OCH3 is 2. The minimum Gasteiger partial charge on any atom is -0.496 e. The van der Waals surface area contributed by atoms with Crippen LogP contribution in [0.3, 0.4) is 0 Å². The van der Waals surface area contributed by atoms with E-state index in [0.717, 1.165) is 5.56 Å². The van der Waals surface area contributed by atoms with Crippen molar-refractivity contribution < 1.29 is 33.6 Å². The van der Waals surface area contributed by atoms with Crippen LogP contribution in [0.2, 0.25) is 0 Å². The smallest absolute Gasteiger partial charge is 0.300 e. The van der Waals surface area contributed by atoms with Gasteiger partial charge in [0.25, 0.3) is 5.78 Å². The molecule has 1 amide bonds. The summed E-state index contributed by atoms with van der Waals surface area (Å²) in [5, 5.41) is 10.8. The summed E-state index contributed by atoms with van der Waals surface area (Å²) in [7, 11) is 3.12. The maximum atomic E-state index is 12.8. The number of benzene rings is 2. The topological polar surface area (TPSA) is 97.8 Å². The van der Waals surface area contributed by atoms with Crippen LogP contribution in [0.4, 0.5) is 5.69 Å². The number of ether oxygens (including phenoxy) is 4. The number of amides is 1. The fraction of sp³-hybridized carbons (Fsp3) is 0.364. The molecule has 2 aromatic carbocycles. The summed E-state index contributed by atoms with van der Waals surface area (Å²) >= 11 is 0. The Bertz CT molecular complexity index is 1080. The molecule has 0 fully saturated rings. The highest BCUT2D eigenvalue weighted by Gasteiger charge is 2.40. The van der Waals surface area contributed by atoms with Gasteiger partial charge >= 0.3 is 5.91 Å². The van der Waals surface area contributed by atoms with Gasteiger partial charge in [-0.25, -0.2) is 0 Å². The van der Waals surface area contributed by atoms with Crippen molar-refractivity contribution in [2.24, 2.45) is 0 Å². The number of fused-ring (bicyclic) bond motifs is 3. The largest absolute Gasteiger partial charge is 0.496 e. The lowest BCUT2D eigenvalue weighted by molar-refractivity contribution is -0.114. The zero-order valence-corrected chi connectivity index (χ0v) is 17.2. The number of hydrogen-bond donors (Lipinski definition) is 1. The minimum atomic E-state index is -0.832. The van der Waals surface area contributed by atoms with Gasteiger partial charge in [-0.15, -0.1) is 0 Å². The number of aliphatic hydroxyl groups is 1. The van der Waals surface area contributed by atoms with Crippen LogP contribution in [-0.4, -0.2) is 62.3 Å². The first-order valence-electron chi connectivity index (χ1n) is 9.95. The zero-order chi connectivity index (χ0) is 21.7. The van der Waals surface area contributed by atoms with Gasteiger partial charge in [0.1, 0.15) is 24.7 Å². The molecule has 0 unspecified atom stereocenters. The van der Waals surface area contributed by atoms with Crippen LogP contribution in [0.5, 0.6) is 23.0 Å². The molecule has 0 aromatic heterocycles. The Balaban J connectivity index is 1.47. The molecule has 0 aliphatic carbocycles. The third-order valence-electron chi connectivity index (χ3n) is 5.84. The van der Waals surface area contributed by atoms with Crippen LogP contribution in [0.15, 0.2) is 24.3 Å². The number of hydrogen-bond acceptors (Lipinski definition) is 8. The number of carbonyl (C=O) groups is 2. The molecule has 3 aliphatic rings. The van der Waals surface area contributed by atoms with Gasteiger partial charge in [0.2, 0.25) is 0 Å². The van der Waals surface area contributed by atoms with E-state index in [1.54, 1.807) is 38.5 Å². The summed E-state index contributed by atoms with van der Waals surface area (Å²) < 4.78 is 22.0. The third-order valence-corrected chi connectivity index (χ3v) is 5.84. The first-order chi connectivity index (χ1) is 15.0. The normalized spacial score (nSPS) is 19.8. The molecule has 3 heterocycles. The maximum Gasteiger partial charge on any atom is 0.300 e. The van der Waals surface area contributed by atoms with E-state index in [0.29, 0.717) is 59.6 Å². The first-order valence-corrected chi connectivity index (χ1v) is 9.95. The van der Waals surface area contributed by atoms with E-state index in [9.17, 15) is 14.7 Å². The molecule has 162 valence electrons. The lowest BCUT2D eigenvalue weighted by Crippen LogP contribution is -2.44. The number of rotatable bonds is 4. The summed E-state index contributed by atoms with van der Waals surface area (Å²) in [5.41, 5.74) is 2.26. The molecule has 9 heteroatoms. The molecule has 9 nitrogen and oxygen atoms in total. The number of β-amino-alcohol motifs (C(OH)–C–C–N with tert-alkyl or cyclic N) is 1. The van der Waals surface area contributed by atoms with E-state index < -0.39 is 17.8 Å². The van der Waals surface area contributed by atoms with Gasteiger partial charge in [-0.1, -0.05) is 0 Å². The van der Waals surface area contributed by atoms with Gasteiger partial charge in [-0.3, -0.25) is 19.4 Å². The van der Waals surface area contributed by atoms with E-state index >= 15 is 0 Å². The summed E-state index contributed by atoms with van der Waals surface area (Å²) in [6, 6.07) is 6.79. The second-order valence-corrected chi connectivity index (χ2v) is 7.61. The van der Waals surface area contributed by atoms with E-state index in [-0.39, 0.29) is 13.2 Å². The number of anilines is 1. The van der Waals surface area contributed by atoms with Gasteiger partial charge < -0.3 is 24.1 Å². The average Bonchev–Trinajstić information content (AvgIpc) is 3.01. The average molecular weight is 426 g/mol. The molecule has 0 saturated heterocycles. The Morgan fingerprint density at radius 3 is 2.45 bits per heavy atom. The van der Waals surface area contributed by atoms with Crippen LogP contribution in [0.25, 0.3) is 0 Å². The van der Waals surface area contributed by atoms with Crippen LogP contribution < -0.4 is 23.8 Å². The van der Waals surface area contributed by atoms with Crippen LogP contribution in [0.1, 0.15) is 27.6 Å². The third kappa shape index (κ3) is 3.08. The van der Waals surface area contributed by atoms with Gasteiger partial charge in [-0.05, 0) is 18.2 Å². The monoisotopic (exact) mass is 426 g/mol. The van der Waals surface area contributed by atoms with Gasteiger partial charge in [0.05, 0.1) is 38.2 Å². The molecular weight excluding hydrogens is 404 g/mol. The quantitative estimate of drug-likeness (QED) is 0.735. The van der Waals surface area contributed by atoms with Crippen LogP contribution in [-0.2, 0) is 11.3 Å². The molecule has 1 atom stereocenters. The molecule has 2 aromatic rings. The zero-order valence-electron chi connectivity index (χ0n) is 17.2. The number of aliphatic hydroxyl groups excluding tert-OH is 1. The second kappa shape index (κ2) is 7.44. The highest BCUT2D eigenvalue weighted by atomic mass is 16.6. The van der Waals surface area contributed by atoms with Crippen molar-refractivity contribution in [1.29, 1.82) is 0 Å². The summed E-state index contributed by atoms with van der Waals surface area (Å²) in [6.07, 6.45) is -0.832. The van der Waals surface area contributed by atoms with Crippen molar-refractivity contribution in [2.45, 2.75) is 12.6 Å². The number of nitrogens with zero attached hydrogens (tertiary/aromatic N) is 2. The van der Waals surface area contributed by atoms with Gasteiger partial charge in [0.15, 0.2) is 11.5 Å². The number of Topliss-reactive ketones (excluding diaryl/α,β-unsaturated/α-hetero) is 1. The standard InChI is InChI=1S/C22H22N2O7/c1-28-16-3-4-17(29-2)20-13(16)9-23(10-15(20)25)11-24-14-8-19-18(30-5-6-31-19)7-12(14)21(26)22(24)27/h3-4,7-8,15,25H,5-6,9-11H2,1-2H3/t15-/m1/s1. The molecule has 0 spiro atoms. The molecular formula is C22H22N2O7. The Morgan fingerprint density at radius 1 is 1.06 bits per heavy atom. The van der Waals surface area contributed by atoms with Crippen molar-refractivity contribution in [2.75, 3.05) is 45.5 Å². The van der Waals surface area contributed by atoms with E-state index in [1.807, 2.05) is 4.90 Å². The molecule has 5 rings (SSSR count). The van der Waals surface area contributed by atoms with Crippen molar-refractivity contribution in [3.63, 3.8) is 0 Å². The summed E-state index contributed by atoms with van der Waals surface area (Å²) in [6.45, 7) is 1.63. The SMILES string of the molecule is COc1ccc(OC)c2c1CN(CN1C(=O)C(=O)c3cc4c(cc31)OCCO4)C[C@H]2O. The van der Waals surface area contributed by atoms with Crippen LogP contribution >= 0.6 is 0 Å². The fourth-order valence-corrected chi connectivity index (χ4v) is 4.42. The molecule has 0 saturated carbocycles. The predicted octanol–water partition coefficient (Wildman–Crippen LogP) is 1.51. The lowest BCUT2D eigenvalue weighted by Gasteiger charge is -2.36. The second-order valence-electron chi connectivity index (χ2n) is 7.61. The Kier molecular flexibility index (Phi) is 4.71. The molecule has 0 bridgehead atoms. The van der Waals surface area contributed by atoms with E-state index in [2.05, 4.69) is 0 Å². The van der Waals surface area contributed by atoms with Crippen molar-refractivity contribution in [3.05, 3.63) is 41.0 Å². The van der Waals surface area contributed by atoms with Crippen molar-refractivity contribution in [1.82, 2.24) is 4.90 Å². The molecule has 1 N–H and O–H groups in total. The summed E-state index contributed by atoms with van der Waals surface area (Å²) in [5.74, 6) is 0.993. The minimum absolute atomic E-state index is 0.133. The fourth-order valence-electron chi connectivity index (χ4n) is 4.42. The Labute approximate surface area is 178 Å². The van der Waals surface area contributed by atoms with Gasteiger partial charge in [0, 0.05) is 30.3 Å². The highest BCUT2D eigenvalue weighted by molar-refractivity contribution is 6.52. The van der Waals surface area contributed by atoms with E-state index in [1.165, 1.54) is 4.90 Å². The van der Waals surface area contributed by atoms with Crippen molar-refractivity contribution in [3.8, 4) is 23.0 Å². The van der Waals surface area contributed by atoms with Crippen molar-refractivity contribution >= 4 is 17.4 Å². The Hall–Kier alpha value is -3.30. The highest BCUT2D eigenvalue weighted by Crippen LogP contribution is 2.42. The molecule has 31 heavy (non-hydrogen) atoms. The Morgan fingerprint density at radius 2 is 1.74 bits per heavy atom. The summed E-state index contributed by atoms with van der Waals surface area (Å²) in [4.78, 5) is 28.7. The van der Waals surface area contributed by atoms with E-state index in [4.69, 9.17) is 18.9 Å². The lowest BCUT2D eigenvalue weighted by atomic mass is 9.95. The molecule has 0 radical (unpaired) electrons. The number of carbonyl (C=O) groups excluding carboxylic acids is 2.